The summed E-state index contributed by atoms with van der Waals surface area (Å²) in [6.07, 6.45) is 9.55. The van der Waals surface area contributed by atoms with Crippen molar-refractivity contribution in [3.05, 3.63) is 0 Å². The molecule has 0 spiro atoms. The second kappa shape index (κ2) is 1.69. The summed E-state index contributed by atoms with van der Waals surface area (Å²) in [5.41, 5.74) is -1.36. The topological polar surface area (TPSA) is 20.2 Å². The van der Waals surface area contributed by atoms with Crippen LogP contribution < -0.4 is 0 Å². The molecular weight excluding hydrogens is 88.1 g/mol. The van der Waals surface area contributed by atoms with Crippen molar-refractivity contribution in [1.29, 1.82) is 0 Å². The van der Waals surface area contributed by atoms with Crippen molar-refractivity contribution in [3.63, 3.8) is 0 Å². The van der Waals surface area contributed by atoms with E-state index in [1.54, 1.807) is 0 Å². The number of terminal acetylenes is 2. The molecule has 1 nitrogen and oxygen atoms in total. The van der Waals surface area contributed by atoms with E-state index in [1.807, 2.05) is 11.8 Å². The third-order valence-corrected chi connectivity index (χ3v) is 0.562. The molecule has 7 heavy (non-hydrogen) atoms. The van der Waals surface area contributed by atoms with E-state index in [2.05, 4.69) is 0 Å². The molecule has 1 heteroatoms. The predicted molar refractivity (Wildman–Crippen MR) is 28.3 cm³/mol. The highest BCUT2D eigenvalue weighted by molar-refractivity contribution is 5.21. The minimum atomic E-state index is -1.36. The van der Waals surface area contributed by atoms with E-state index in [0.717, 1.165) is 0 Å². The second-order valence-electron chi connectivity index (χ2n) is 1.36. The van der Waals surface area contributed by atoms with Crippen LogP contribution in [0.5, 0.6) is 0 Å². The molecule has 1 N–H and O–H groups in total. The lowest BCUT2D eigenvalue weighted by molar-refractivity contribution is 0.185. The van der Waals surface area contributed by atoms with Gasteiger partial charge >= 0.3 is 0 Å². The van der Waals surface area contributed by atoms with E-state index < -0.39 is 5.60 Å². The van der Waals surface area contributed by atoms with Gasteiger partial charge in [0.1, 0.15) is 0 Å². The van der Waals surface area contributed by atoms with Gasteiger partial charge in [-0.05, 0) is 6.92 Å². The summed E-state index contributed by atoms with van der Waals surface area (Å²) in [7, 11) is 0. The van der Waals surface area contributed by atoms with E-state index in [9.17, 15) is 0 Å². The van der Waals surface area contributed by atoms with Crippen LogP contribution in [0.4, 0.5) is 0 Å². The molecule has 0 fully saturated rings. The zero-order chi connectivity index (χ0) is 5.91. The van der Waals surface area contributed by atoms with Crippen LogP contribution in [0.15, 0.2) is 0 Å². The molecule has 0 heterocycles. The Kier molecular flexibility index (Phi) is 1.47. The number of hydrogen-bond donors (Lipinski definition) is 1. The first-order valence-electron chi connectivity index (χ1n) is 1.80. The van der Waals surface area contributed by atoms with E-state index >= 15 is 0 Å². The van der Waals surface area contributed by atoms with E-state index in [-0.39, 0.29) is 0 Å². The first-order valence-corrected chi connectivity index (χ1v) is 1.80. The van der Waals surface area contributed by atoms with Gasteiger partial charge in [-0.15, -0.1) is 12.8 Å². The summed E-state index contributed by atoms with van der Waals surface area (Å²) in [5, 5.41) is 8.66. The summed E-state index contributed by atoms with van der Waals surface area (Å²) < 4.78 is 0. The van der Waals surface area contributed by atoms with Crippen molar-refractivity contribution in [2.45, 2.75) is 12.5 Å². The fraction of sp³-hybridized carbons (Fsp3) is 0.333. The Labute approximate surface area is 43.4 Å². The monoisotopic (exact) mass is 94.0 g/mol. The van der Waals surface area contributed by atoms with Gasteiger partial charge < -0.3 is 5.11 Å². The summed E-state index contributed by atoms with van der Waals surface area (Å²) >= 11 is 0. The number of rotatable bonds is 0. The number of hydrogen-bond acceptors (Lipinski definition) is 1. The lowest BCUT2D eigenvalue weighted by Crippen LogP contribution is -2.16. The molecule has 0 aliphatic heterocycles. The minimum Gasteiger partial charge on any atom is -0.367 e. The van der Waals surface area contributed by atoms with Crippen molar-refractivity contribution < 1.29 is 5.11 Å². The van der Waals surface area contributed by atoms with Gasteiger partial charge in [-0.3, -0.25) is 0 Å². The summed E-state index contributed by atoms with van der Waals surface area (Å²) in [5.74, 6) is 4.02. The summed E-state index contributed by atoms with van der Waals surface area (Å²) in [6.45, 7) is 1.38. The Morgan fingerprint density at radius 1 is 1.43 bits per heavy atom. The third kappa shape index (κ3) is 1.87. The Balaban J connectivity index is 4.00. The second-order valence-corrected chi connectivity index (χ2v) is 1.36. The van der Waals surface area contributed by atoms with Crippen LogP contribution in [-0.4, -0.2) is 10.7 Å². The summed E-state index contributed by atoms with van der Waals surface area (Å²) in [4.78, 5) is 0. The van der Waals surface area contributed by atoms with Crippen molar-refractivity contribution in [3.8, 4) is 24.7 Å². The van der Waals surface area contributed by atoms with Gasteiger partial charge in [0.15, 0.2) is 5.60 Å². The molecule has 0 atom stereocenters. The molecule has 0 radical (unpaired) electrons. The zero-order valence-corrected chi connectivity index (χ0v) is 4.10. The largest absolute Gasteiger partial charge is 0.367 e. The highest BCUT2D eigenvalue weighted by Gasteiger charge is 2.08. The van der Waals surface area contributed by atoms with Crippen LogP contribution in [0.3, 0.4) is 0 Å². The maximum absolute atomic E-state index is 8.66. The van der Waals surface area contributed by atoms with Crippen LogP contribution in [0, 0.1) is 24.7 Å². The molecular formula is C6H6O. The minimum absolute atomic E-state index is 1.36. The van der Waals surface area contributed by atoms with Gasteiger partial charge in [0.25, 0.3) is 0 Å². The molecule has 0 aliphatic carbocycles. The molecule has 0 aliphatic rings. The normalized spacial score (nSPS) is 9.14. The van der Waals surface area contributed by atoms with Gasteiger partial charge in [0.05, 0.1) is 0 Å². The highest BCUT2D eigenvalue weighted by Crippen LogP contribution is 1.94. The molecule has 0 unspecified atom stereocenters. The molecule has 0 saturated carbocycles. The molecule has 0 amide bonds. The van der Waals surface area contributed by atoms with Crippen molar-refractivity contribution >= 4 is 0 Å². The van der Waals surface area contributed by atoms with Gasteiger partial charge in [0.2, 0.25) is 0 Å². The van der Waals surface area contributed by atoms with E-state index in [4.69, 9.17) is 18.0 Å². The van der Waals surface area contributed by atoms with Gasteiger partial charge in [0, 0.05) is 0 Å². The maximum atomic E-state index is 8.66. The smallest absolute Gasteiger partial charge is 0.184 e. The molecule has 0 saturated heterocycles. The number of aliphatic hydroxyl groups is 1. The SMILES string of the molecule is C#CC(C)(O)C#C. The Bertz CT molecular complexity index is 115. The van der Waals surface area contributed by atoms with E-state index in [0.29, 0.717) is 0 Å². The van der Waals surface area contributed by atoms with Crippen LogP contribution in [-0.2, 0) is 0 Å². The van der Waals surface area contributed by atoms with Crippen molar-refractivity contribution in [2.75, 3.05) is 0 Å². The van der Waals surface area contributed by atoms with Crippen LogP contribution in [0.25, 0.3) is 0 Å². The Morgan fingerprint density at radius 3 is 1.71 bits per heavy atom. The van der Waals surface area contributed by atoms with Gasteiger partial charge in [-0.1, -0.05) is 11.8 Å². The molecule has 0 rings (SSSR count). The molecule has 0 aromatic rings. The fourth-order valence-corrected chi connectivity index (χ4v) is 0.0417. The molecule has 0 bridgehead atoms. The lowest BCUT2D eigenvalue weighted by atomic mass is 10.1. The van der Waals surface area contributed by atoms with Crippen LogP contribution in [0.1, 0.15) is 6.92 Å². The maximum Gasteiger partial charge on any atom is 0.184 e. The van der Waals surface area contributed by atoms with Crippen LogP contribution in [0.2, 0.25) is 0 Å². The van der Waals surface area contributed by atoms with Crippen molar-refractivity contribution in [1.82, 2.24) is 0 Å². The lowest BCUT2D eigenvalue weighted by Gasteiger charge is -2.03. The Hall–Kier alpha value is -0.920. The van der Waals surface area contributed by atoms with Gasteiger partial charge in [-0.2, -0.15) is 0 Å². The third-order valence-electron chi connectivity index (χ3n) is 0.562. The highest BCUT2D eigenvalue weighted by atomic mass is 16.3. The average Bonchev–Trinajstić information content (AvgIpc) is 1.68. The van der Waals surface area contributed by atoms with E-state index in [1.165, 1.54) is 6.92 Å². The van der Waals surface area contributed by atoms with Crippen molar-refractivity contribution in [2.24, 2.45) is 0 Å². The predicted octanol–water partition coefficient (Wildman–Crippen LogP) is 0.00380. The standard InChI is InChI=1S/C6H6O/c1-4-6(3,7)5-2/h1-2,7H,3H3. The van der Waals surface area contributed by atoms with Gasteiger partial charge in [-0.25, -0.2) is 0 Å². The first-order chi connectivity index (χ1) is 3.12. The molecule has 0 aromatic heterocycles. The fourth-order valence-electron chi connectivity index (χ4n) is 0.0417. The van der Waals surface area contributed by atoms with Crippen LogP contribution >= 0.6 is 0 Å². The quantitative estimate of drug-likeness (QED) is 0.419. The first kappa shape index (κ1) is 6.08. The zero-order valence-electron chi connectivity index (χ0n) is 4.10. The summed E-state index contributed by atoms with van der Waals surface area (Å²) in [6, 6.07) is 0. The Morgan fingerprint density at radius 2 is 1.71 bits per heavy atom. The molecule has 0 aromatic carbocycles. The average molecular weight is 94.1 g/mol. The molecule has 36 valence electrons.